The van der Waals surface area contributed by atoms with Crippen molar-refractivity contribution in [2.45, 2.75) is 11.8 Å². The van der Waals surface area contributed by atoms with Gasteiger partial charge in [0.25, 0.3) is 10.0 Å². The van der Waals surface area contributed by atoms with Crippen molar-refractivity contribution in [3.8, 4) is 11.3 Å². The average molecular weight is 381 g/mol. The fraction of sp³-hybridized carbons (Fsp3) is 0.0500. The van der Waals surface area contributed by atoms with Gasteiger partial charge in [-0.3, -0.25) is 4.72 Å². The Kier molecular flexibility index (Phi) is 4.16. The highest BCUT2D eigenvalue weighted by molar-refractivity contribution is 7.92. The van der Waals surface area contributed by atoms with E-state index in [1.807, 2.05) is 35.9 Å². The van der Waals surface area contributed by atoms with Crippen LogP contribution in [0.4, 0.5) is 10.1 Å². The SMILES string of the molecule is Cc1cccn2cc(-c3ccc(NS(=O)(=O)c4ccccc4F)cc3)nc12. The second kappa shape index (κ2) is 6.51. The van der Waals surface area contributed by atoms with Crippen LogP contribution in [0.2, 0.25) is 0 Å². The summed E-state index contributed by atoms with van der Waals surface area (Å²) in [6.07, 6.45) is 3.84. The van der Waals surface area contributed by atoms with Gasteiger partial charge in [-0.25, -0.2) is 17.8 Å². The van der Waals surface area contributed by atoms with Crippen LogP contribution >= 0.6 is 0 Å². The number of pyridine rings is 1. The van der Waals surface area contributed by atoms with E-state index in [-0.39, 0.29) is 4.90 Å². The number of halogens is 1. The summed E-state index contributed by atoms with van der Waals surface area (Å²) in [7, 11) is -3.99. The summed E-state index contributed by atoms with van der Waals surface area (Å²) in [4.78, 5) is 4.24. The van der Waals surface area contributed by atoms with E-state index in [4.69, 9.17) is 0 Å². The number of nitrogens with zero attached hydrogens (tertiary/aromatic N) is 2. The van der Waals surface area contributed by atoms with Crippen LogP contribution in [-0.4, -0.2) is 17.8 Å². The molecule has 2 aromatic heterocycles. The van der Waals surface area contributed by atoms with Crippen LogP contribution in [0.3, 0.4) is 0 Å². The Labute approximate surface area is 156 Å². The molecule has 136 valence electrons. The quantitative estimate of drug-likeness (QED) is 0.575. The molecule has 0 unspecified atom stereocenters. The summed E-state index contributed by atoms with van der Waals surface area (Å²) in [5.41, 5.74) is 3.93. The number of aryl methyl sites for hydroxylation is 1. The van der Waals surface area contributed by atoms with Crippen molar-refractivity contribution in [1.29, 1.82) is 0 Å². The first-order valence-corrected chi connectivity index (χ1v) is 9.74. The van der Waals surface area contributed by atoms with Crippen molar-refractivity contribution < 1.29 is 12.8 Å². The number of nitrogens with one attached hydrogen (secondary N) is 1. The molecule has 0 amide bonds. The minimum absolute atomic E-state index is 0.349. The molecule has 0 aliphatic rings. The molecule has 4 rings (SSSR count). The first-order valence-electron chi connectivity index (χ1n) is 8.26. The molecule has 0 spiro atoms. The molecule has 0 radical (unpaired) electrons. The fourth-order valence-electron chi connectivity index (χ4n) is 2.87. The van der Waals surface area contributed by atoms with Crippen molar-refractivity contribution in [3.05, 3.63) is 84.4 Å². The van der Waals surface area contributed by atoms with E-state index in [2.05, 4.69) is 9.71 Å². The molecule has 0 atom stereocenters. The molecule has 0 bridgehead atoms. The zero-order chi connectivity index (χ0) is 19.0. The molecule has 27 heavy (non-hydrogen) atoms. The number of fused-ring (bicyclic) bond motifs is 1. The highest BCUT2D eigenvalue weighted by Crippen LogP contribution is 2.24. The van der Waals surface area contributed by atoms with Gasteiger partial charge in [-0.1, -0.05) is 30.3 Å². The van der Waals surface area contributed by atoms with Gasteiger partial charge >= 0.3 is 0 Å². The molecule has 4 aromatic rings. The van der Waals surface area contributed by atoms with Gasteiger partial charge in [0, 0.05) is 23.6 Å². The summed E-state index contributed by atoms with van der Waals surface area (Å²) in [6.45, 7) is 1.99. The first-order chi connectivity index (χ1) is 12.9. The van der Waals surface area contributed by atoms with Gasteiger partial charge < -0.3 is 4.40 Å². The van der Waals surface area contributed by atoms with Crippen LogP contribution in [0.25, 0.3) is 16.9 Å². The summed E-state index contributed by atoms with van der Waals surface area (Å²) in [5, 5.41) is 0. The number of imidazole rings is 1. The summed E-state index contributed by atoms with van der Waals surface area (Å²) < 4.78 is 42.8. The highest BCUT2D eigenvalue weighted by atomic mass is 32.2. The van der Waals surface area contributed by atoms with Crippen molar-refractivity contribution in [2.24, 2.45) is 0 Å². The predicted octanol–water partition coefficient (Wildman–Crippen LogP) is 4.25. The maximum absolute atomic E-state index is 13.8. The minimum Gasteiger partial charge on any atom is -0.306 e. The third-order valence-electron chi connectivity index (χ3n) is 4.24. The van der Waals surface area contributed by atoms with E-state index in [0.717, 1.165) is 28.5 Å². The van der Waals surface area contributed by atoms with E-state index >= 15 is 0 Å². The standard InChI is InChI=1S/C20H16FN3O2S/c1-14-5-4-12-24-13-18(22-20(14)24)15-8-10-16(11-9-15)23-27(25,26)19-7-3-2-6-17(19)21/h2-13,23H,1H3. The normalized spacial score (nSPS) is 11.6. The fourth-order valence-corrected chi connectivity index (χ4v) is 4.01. The number of sulfonamides is 1. The Bertz CT molecular complexity index is 1230. The third kappa shape index (κ3) is 3.29. The smallest absolute Gasteiger partial charge is 0.264 e. The van der Waals surface area contributed by atoms with Crippen LogP contribution in [-0.2, 0) is 10.0 Å². The molecule has 0 saturated carbocycles. The zero-order valence-corrected chi connectivity index (χ0v) is 15.2. The van der Waals surface area contributed by atoms with Crippen LogP contribution < -0.4 is 4.72 Å². The summed E-state index contributed by atoms with van der Waals surface area (Å²) in [5.74, 6) is -0.790. The second-order valence-electron chi connectivity index (χ2n) is 6.16. The van der Waals surface area contributed by atoms with Crippen molar-refractivity contribution in [2.75, 3.05) is 4.72 Å². The van der Waals surface area contributed by atoms with E-state index in [0.29, 0.717) is 5.69 Å². The molecule has 0 aliphatic heterocycles. The highest BCUT2D eigenvalue weighted by Gasteiger charge is 2.18. The van der Waals surface area contributed by atoms with Crippen LogP contribution in [0.15, 0.2) is 78.0 Å². The number of benzene rings is 2. The topological polar surface area (TPSA) is 63.5 Å². The molecule has 7 heteroatoms. The largest absolute Gasteiger partial charge is 0.306 e. The average Bonchev–Trinajstić information content (AvgIpc) is 3.08. The predicted molar refractivity (Wildman–Crippen MR) is 103 cm³/mol. The van der Waals surface area contributed by atoms with Gasteiger partial charge in [0.2, 0.25) is 0 Å². The van der Waals surface area contributed by atoms with E-state index in [1.165, 1.54) is 18.2 Å². The Morgan fingerprint density at radius 3 is 2.44 bits per heavy atom. The molecule has 2 heterocycles. The first kappa shape index (κ1) is 17.2. The lowest BCUT2D eigenvalue weighted by Crippen LogP contribution is -2.14. The van der Waals surface area contributed by atoms with Gasteiger partial charge in [-0.05, 0) is 42.8 Å². The zero-order valence-electron chi connectivity index (χ0n) is 14.4. The summed E-state index contributed by atoms with van der Waals surface area (Å²) in [6, 6.07) is 16.0. The van der Waals surface area contributed by atoms with Crippen molar-refractivity contribution in [3.63, 3.8) is 0 Å². The van der Waals surface area contributed by atoms with Gasteiger partial charge in [-0.2, -0.15) is 0 Å². The van der Waals surface area contributed by atoms with Gasteiger partial charge in [0.15, 0.2) is 0 Å². The molecule has 0 aliphatic carbocycles. The molecular weight excluding hydrogens is 365 g/mol. The number of aromatic nitrogens is 2. The number of anilines is 1. The Morgan fingerprint density at radius 2 is 1.74 bits per heavy atom. The van der Waals surface area contributed by atoms with E-state index < -0.39 is 15.8 Å². The van der Waals surface area contributed by atoms with Crippen LogP contribution in [0.5, 0.6) is 0 Å². The molecule has 1 N–H and O–H groups in total. The minimum atomic E-state index is -3.99. The summed E-state index contributed by atoms with van der Waals surface area (Å²) >= 11 is 0. The molecule has 2 aromatic carbocycles. The molecule has 5 nitrogen and oxygen atoms in total. The lowest BCUT2D eigenvalue weighted by atomic mass is 10.1. The monoisotopic (exact) mass is 381 g/mol. The maximum atomic E-state index is 13.8. The molecule has 0 saturated heterocycles. The van der Waals surface area contributed by atoms with Gasteiger partial charge in [0.05, 0.1) is 5.69 Å². The van der Waals surface area contributed by atoms with Gasteiger partial charge in [-0.15, -0.1) is 0 Å². The van der Waals surface area contributed by atoms with Crippen LogP contribution in [0, 0.1) is 12.7 Å². The Balaban J connectivity index is 1.62. The van der Waals surface area contributed by atoms with Crippen LogP contribution in [0.1, 0.15) is 5.56 Å². The maximum Gasteiger partial charge on any atom is 0.264 e. The van der Waals surface area contributed by atoms with E-state index in [9.17, 15) is 12.8 Å². The lowest BCUT2D eigenvalue weighted by molar-refractivity contribution is 0.570. The number of hydrogen-bond donors (Lipinski definition) is 1. The third-order valence-corrected chi connectivity index (χ3v) is 5.65. The lowest BCUT2D eigenvalue weighted by Gasteiger charge is -2.09. The van der Waals surface area contributed by atoms with Crippen molar-refractivity contribution in [1.82, 2.24) is 9.38 Å². The Morgan fingerprint density at radius 1 is 1.00 bits per heavy atom. The van der Waals surface area contributed by atoms with Gasteiger partial charge in [0.1, 0.15) is 16.4 Å². The second-order valence-corrected chi connectivity index (χ2v) is 7.81. The molecule has 0 fully saturated rings. The molecular formula is C20H16FN3O2S. The van der Waals surface area contributed by atoms with Crippen molar-refractivity contribution >= 4 is 21.4 Å². The number of rotatable bonds is 4. The Hall–Kier alpha value is -3.19. The van der Waals surface area contributed by atoms with E-state index in [1.54, 1.807) is 24.3 Å². The number of hydrogen-bond acceptors (Lipinski definition) is 3.